The van der Waals surface area contributed by atoms with E-state index in [4.69, 9.17) is 0 Å². The summed E-state index contributed by atoms with van der Waals surface area (Å²) in [6.07, 6.45) is 0. The molecule has 0 saturated heterocycles. The molecule has 1 nitrogen and oxygen atoms in total. The van der Waals surface area contributed by atoms with Crippen LogP contribution in [0.5, 0.6) is 0 Å². The minimum absolute atomic E-state index is 0.173. The Bertz CT molecular complexity index is 3250. The molecule has 0 atom stereocenters. The molecule has 62 heavy (non-hydrogen) atoms. The molecule has 0 bridgehead atoms. The maximum atomic E-state index is 2.46. The van der Waals surface area contributed by atoms with Gasteiger partial charge >= 0.3 is 0 Å². The molecule has 0 spiro atoms. The van der Waals surface area contributed by atoms with Gasteiger partial charge < -0.3 is 4.90 Å². The fourth-order valence-electron chi connectivity index (χ4n) is 10.6. The van der Waals surface area contributed by atoms with Crippen molar-refractivity contribution in [1.82, 2.24) is 0 Å². The Hall–Kier alpha value is -7.74. The van der Waals surface area contributed by atoms with E-state index in [2.05, 4.69) is 243 Å². The van der Waals surface area contributed by atoms with E-state index in [0.29, 0.717) is 0 Å². The fourth-order valence-corrected chi connectivity index (χ4v) is 10.6. The summed E-state index contributed by atoms with van der Waals surface area (Å²) < 4.78 is 0. The third-order valence-corrected chi connectivity index (χ3v) is 13.4. The van der Waals surface area contributed by atoms with Gasteiger partial charge in [0.05, 0.1) is 5.69 Å². The number of fused-ring (bicyclic) bond motifs is 6. The number of hydrogen-bond acceptors (Lipinski definition) is 1. The average Bonchev–Trinajstić information content (AvgIpc) is 3.80. The third-order valence-electron chi connectivity index (χ3n) is 13.4. The summed E-state index contributed by atoms with van der Waals surface area (Å²) in [5.41, 5.74) is 23.8. The molecule has 0 amide bonds. The largest absolute Gasteiger partial charge is 0.310 e. The average molecular weight is 790 g/mol. The van der Waals surface area contributed by atoms with E-state index in [9.17, 15) is 0 Å². The molecule has 12 rings (SSSR count). The summed E-state index contributed by atoms with van der Waals surface area (Å²) >= 11 is 0. The van der Waals surface area contributed by atoms with Crippen molar-refractivity contribution in [1.29, 1.82) is 0 Å². The van der Waals surface area contributed by atoms with E-state index in [1.54, 1.807) is 0 Å². The first-order valence-electron chi connectivity index (χ1n) is 21.7. The normalized spacial score (nSPS) is 12.8. The van der Waals surface area contributed by atoms with Crippen LogP contribution in [0.2, 0.25) is 0 Å². The molecular formula is C61H43N. The van der Waals surface area contributed by atoms with Gasteiger partial charge in [-0.25, -0.2) is 0 Å². The molecule has 292 valence electrons. The van der Waals surface area contributed by atoms with Crippen molar-refractivity contribution in [2.45, 2.75) is 19.3 Å². The second-order valence-electron chi connectivity index (χ2n) is 17.2. The van der Waals surface area contributed by atoms with Crippen LogP contribution in [0.25, 0.3) is 88.7 Å². The minimum Gasteiger partial charge on any atom is -0.310 e. The van der Waals surface area contributed by atoms with Gasteiger partial charge in [-0.3, -0.25) is 0 Å². The van der Waals surface area contributed by atoms with Crippen molar-refractivity contribution in [3.05, 3.63) is 236 Å². The zero-order chi connectivity index (χ0) is 41.4. The molecule has 0 heterocycles. The van der Waals surface area contributed by atoms with Crippen LogP contribution in [-0.2, 0) is 5.41 Å². The Morgan fingerprint density at radius 2 is 0.742 bits per heavy atom. The van der Waals surface area contributed by atoms with Crippen LogP contribution in [0.15, 0.2) is 224 Å². The maximum absolute atomic E-state index is 2.46. The molecule has 10 aromatic rings. The van der Waals surface area contributed by atoms with Crippen LogP contribution in [0.1, 0.15) is 25.0 Å². The van der Waals surface area contributed by atoms with E-state index < -0.39 is 0 Å². The van der Waals surface area contributed by atoms with Crippen molar-refractivity contribution in [2.24, 2.45) is 0 Å². The Kier molecular flexibility index (Phi) is 8.27. The van der Waals surface area contributed by atoms with E-state index in [0.717, 1.165) is 11.4 Å². The van der Waals surface area contributed by atoms with Crippen LogP contribution in [-0.4, -0.2) is 0 Å². The van der Waals surface area contributed by atoms with E-state index >= 15 is 0 Å². The van der Waals surface area contributed by atoms with Gasteiger partial charge in [-0.05, 0) is 130 Å². The van der Waals surface area contributed by atoms with Crippen LogP contribution in [0.4, 0.5) is 17.1 Å². The molecule has 1 heteroatoms. The Labute approximate surface area is 363 Å². The summed E-state index contributed by atoms with van der Waals surface area (Å²) in [6.45, 7) is 4.75. The summed E-state index contributed by atoms with van der Waals surface area (Å²) in [6, 6.07) is 82.7. The van der Waals surface area contributed by atoms with Gasteiger partial charge in [-0.2, -0.15) is 0 Å². The molecule has 2 aliphatic carbocycles. The first-order chi connectivity index (χ1) is 30.5. The summed E-state index contributed by atoms with van der Waals surface area (Å²) in [5, 5.41) is 2.60. The monoisotopic (exact) mass is 789 g/mol. The van der Waals surface area contributed by atoms with Gasteiger partial charge in [-0.1, -0.05) is 208 Å². The number of rotatable bonds is 7. The van der Waals surface area contributed by atoms with Crippen LogP contribution >= 0.6 is 0 Å². The highest BCUT2D eigenvalue weighted by Crippen LogP contribution is 2.57. The Morgan fingerprint density at radius 3 is 1.37 bits per heavy atom. The Balaban J connectivity index is 1.00. The highest BCUT2D eigenvalue weighted by Gasteiger charge is 2.39. The summed E-state index contributed by atoms with van der Waals surface area (Å²) in [7, 11) is 0. The quantitative estimate of drug-likeness (QED) is 0.155. The van der Waals surface area contributed by atoms with Gasteiger partial charge in [0.25, 0.3) is 0 Å². The first-order valence-corrected chi connectivity index (χ1v) is 21.7. The van der Waals surface area contributed by atoms with Crippen molar-refractivity contribution in [3.8, 4) is 77.9 Å². The first kappa shape index (κ1) is 36.1. The van der Waals surface area contributed by atoms with Crippen molar-refractivity contribution in [3.63, 3.8) is 0 Å². The summed E-state index contributed by atoms with van der Waals surface area (Å²) in [4.78, 5) is 2.46. The topological polar surface area (TPSA) is 3.24 Å². The lowest BCUT2D eigenvalue weighted by Crippen LogP contribution is -2.20. The zero-order valence-corrected chi connectivity index (χ0v) is 34.8. The lowest BCUT2D eigenvalue weighted by molar-refractivity contribution is 0.661. The number of hydrogen-bond donors (Lipinski definition) is 0. The van der Waals surface area contributed by atoms with Gasteiger partial charge in [0.15, 0.2) is 0 Å². The number of anilines is 3. The smallest absolute Gasteiger partial charge is 0.0508 e. The molecule has 0 fully saturated rings. The van der Waals surface area contributed by atoms with Crippen LogP contribution in [0.3, 0.4) is 0 Å². The van der Waals surface area contributed by atoms with E-state index in [1.807, 2.05) is 0 Å². The molecule has 10 aromatic carbocycles. The maximum Gasteiger partial charge on any atom is 0.0508 e. The van der Waals surface area contributed by atoms with Crippen LogP contribution < -0.4 is 4.90 Å². The van der Waals surface area contributed by atoms with E-state index in [1.165, 1.54) is 105 Å². The molecule has 0 radical (unpaired) electrons. The van der Waals surface area contributed by atoms with Crippen molar-refractivity contribution < 1.29 is 0 Å². The minimum atomic E-state index is -0.173. The highest BCUT2D eigenvalue weighted by molar-refractivity contribution is 6.23. The lowest BCUT2D eigenvalue weighted by atomic mass is 9.81. The number of nitrogens with zero attached hydrogens (tertiary/aromatic N) is 1. The zero-order valence-electron chi connectivity index (χ0n) is 34.8. The molecule has 0 saturated carbocycles. The molecule has 0 N–H and O–H groups in total. The predicted octanol–water partition coefficient (Wildman–Crippen LogP) is 16.9. The van der Waals surface area contributed by atoms with Gasteiger partial charge in [0, 0.05) is 16.8 Å². The Morgan fingerprint density at radius 1 is 0.306 bits per heavy atom. The second-order valence-corrected chi connectivity index (χ2v) is 17.2. The molecule has 0 aromatic heterocycles. The van der Waals surface area contributed by atoms with Gasteiger partial charge in [0.1, 0.15) is 0 Å². The molecule has 2 aliphatic rings. The van der Waals surface area contributed by atoms with Crippen molar-refractivity contribution in [2.75, 3.05) is 4.90 Å². The molecule has 0 unspecified atom stereocenters. The van der Waals surface area contributed by atoms with Gasteiger partial charge in [0.2, 0.25) is 0 Å². The fraction of sp³-hybridized carbons (Fsp3) is 0.0492. The van der Waals surface area contributed by atoms with E-state index in [-0.39, 0.29) is 5.41 Å². The summed E-state index contributed by atoms with van der Waals surface area (Å²) in [5.74, 6) is 0. The van der Waals surface area contributed by atoms with Gasteiger partial charge in [-0.15, -0.1) is 0 Å². The highest BCUT2D eigenvalue weighted by atomic mass is 15.1. The molecular weight excluding hydrogens is 747 g/mol. The van der Waals surface area contributed by atoms with Crippen molar-refractivity contribution >= 4 is 27.8 Å². The van der Waals surface area contributed by atoms with Crippen LogP contribution in [0, 0.1) is 0 Å². The number of benzene rings is 10. The lowest BCUT2D eigenvalue weighted by Gasteiger charge is -2.32. The predicted molar refractivity (Wildman–Crippen MR) is 262 cm³/mol. The standard InChI is InChI=1S/C61H43N/c1-61(2)55-26-13-12-22-50(55)52-24-15-27-56(60(52)61)62(45-32-28-41(29-33-45)40-16-6-3-7-17-40)46-34-30-44(31-35-46)47-36-39-54-57-51(47)23-14-25-53(57)58-48(42-18-8-4-9-19-42)37-38-49(59(54)58)43-20-10-5-11-21-43/h3-39H,1-2H3. The molecule has 0 aliphatic heterocycles. The third kappa shape index (κ3) is 5.55. The second kappa shape index (κ2) is 14.2. The SMILES string of the molecule is CC1(C)c2ccccc2-c2cccc(N(c3ccc(-c4ccccc4)cc3)c3ccc(-c4ccc5c6c(cccc46)-c4c(-c6ccccc6)ccc(-c6ccccc6)c4-5)cc3)c21.